The van der Waals surface area contributed by atoms with Crippen molar-refractivity contribution < 1.29 is 30.6 Å². The summed E-state index contributed by atoms with van der Waals surface area (Å²) in [6.45, 7) is 5.66. The maximum atomic E-state index is 13.6. The molecule has 0 aliphatic heterocycles. The van der Waals surface area contributed by atoms with Crippen LogP contribution in [0.25, 0.3) is 0 Å². The lowest BCUT2D eigenvalue weighted by Crippen LogP contribution is -3.00. The van der Waals surface area contributed by atoms with E-state index >= 15 is 0 Å². The van der Waals surface area contributed by atoms with E-state index in [-0.39, 0.29) is 12.4 Å². The van der Waals surface area contributed by atoms with Crippen molar-refractivity contribution in [3.8, 4) is 0 Å². The highest BCUT2D eigenvalue weighted by molar-refractivity contribution is 7.53. The van der Waals surface area contributed by atoms with Gasteiger partial charge in [0.05, 0.1) is 19.4 Å². The number of rotatable bonds is 31. The van der Waals surface area contributed by atoms with Crippen LogP contribution < -0.4 is 17.0 Å². The van der Waals surface area contributed by atoms with Crippen LogP contribution in [-0.4, -0.2) is 19.4 Å². The second-order valence-corrected chi connectivity index (χ2v) is 14.6. The summed E-state index contributed by atoms with van der Waals surface area (Å²) in [5.41, 5.74) is 1.19. The van der Waals surface area contributed by atoms with Crippen LogP contribution in [0.4, 0.5) is 0 Å². The van der Waals surface area contributed by atoms with E-state index in [9.17, 15) is 4.57 Å². The summed E-state index contributed by atoms with van der Waals surface area (Å²) in [6.07, 6.45) is 36.8. The Morgan fingerprint density at radius 1 is 0.548 bits per heavy atom. The fourth-order valence-electron chi connectivity index (χ4n) is 5.42. The summed E-state index contributed by atoms with van der Waals surface area (Å²) in [5.74, 6) is 0. The van der Waals surface area contributed by atoms with E-state index < -0.39 is 7.60 Å². The molecule has 0 amide bonds. The zero-order valence-electron chi connectivity index (χ0n) is 28.1. The molecule has 0 aliphatic rings. The van der Waals surface area contributed by atoms with Gasteiger partial charge in [-0.1, -0.05) is 155 Å². The summed E-state index contributed by atoms with van der Waals surface area (Å²) >= 11 is 0. The van der Waals surface area contributed by atoms with Gasteiger partial charge >= 0.3 is 7.60 Å². The minimum atomic E-state index is -3.07. The van der Waals surface area contributed by atoms with E-state index in [1.807, 2.05) is 24.0 Å². The van der Waals surface area contributed by atoms with Gasteiger partial charge in [0.25, 0.3) is 0 Å². The standard InChI is InChI=1S/C36H69NO3P.ClH/c1-4-6-8-10-12-14-16-18-20-22-24-26-33-39-41(38,35-30-36-28-31-37(3)32-29-36)40-34-27-25-23-21-19-17-15-13-11-9-7-5-2;/h28-29,31-32H,4-27,30,33-35H2,1-3H3;1H/q+1;/p-1. The maximum Gasteiger partial charge on any atom is 0.331 e. The molecule has 4 nitrogen and oxygen atoms in total. The lowest BCUT2D eigenvalue weighted by atomic mass is 10.1. The molecule has 0 unspecified atom stereocenters. The summed E-state index contributed by atoms with van der Waals surface area (Å²) in [4.78, 5) is 0. The molecule has 0 bridgehead atoms. The summed E-state index contributed by atoms with van der Waals surface area (Å²) < 4.78 is 27.6. The van der Waals surface area contributed by atoms with E-state index in [4.69, 9.17) is 9.05 Å². The van der Waals surface area contributed by atoms with E-state index in [1.54, 1.807) is 0 Å². The van der Waals surface area contributed by atoms with Gasteiger partial charge in [-0.2, -0.15) is 0 Å². The lowest BCUT2D eigenvalue weighted by molar-refractivity contribution is -0.671. The van der Waals surface area contributed by atoms with Gasteiger partial charge in [-0.05, 0) is 24.8 Å². The third kappa shape index (κ3) is 26.0. The smallest absolute Gasteiger partial charge is 0.331 e. The first-order valence-corrected chi connectivity index (χ1v) is 19.6. The number of hydrogen-bond acceptors (Lipinski definition) is 3. The van der Waals surface area contributed by atoms with Crippen LogP contribution in [0.3, 0.4) is 0 Å². The highest BCUT2D eigenvalue weighted by Crippen LogP contribution is 2.49. The lowest BCUT2D eigenvalue weighted by Gasteiger charge is -2.19. The molecule has 1 rings (SSSR count). The Hall–Kier alpha value is -0.410. The van der Waals surface area contributed by atoms with E-state index in [0.29, 0.717) is 19.4 Å². The number of aryl methyl sites for hydroxylation is 2. The van der Waals surface area contributed by atoms with Crippen LogP contribution >= 0.6 is 7.60 Å². The topological polar surface area (TPSA) is 39.4 Å². The second kappa shape index (κ2) is 30.6. The van der Waals surface area contributed by atoms with Gasteiger partial charge in [-0.15, -0.1) is 0 Å². The zero-order valence-corrected chi connectivity index (χ0v) is 29.8. The molecule has 0 saturated heterocycles. The number of hydrogen-bond donors (Lipinski definition) is 0. The van der Waals surface area contributed by atoms with Crippen molar-refractivity contribution in [3.05, 3.63) is 30.1 Å². The monoisotopic (exact) mass is 629 g/mol. The molecule has 0 spiro atoms. The molecule has 0 aromatic carbocycles. The Morgan fingerprint density at radius 3 is 1.19 bits per heavy atom. The largest absolute Gasteiger partial charge is 1.00 e. The first-order chi connectivity index (χ1) is 20.1. The number of aromatic nitrogens is 1. The number of halogens is 1. The summed E-state index contributed by atoms with van der Waals surface area (Å²) in [7, 11) is -1.05. The molecule has 1 heterocycles. The Labute approximate surface area is 268 Å². The normalized spacial score (nSPS) is 11.6. The van der Waals surface area contributed by atoms with Crippen molar-refractivity contribution in [2.45, 2.75) is 174 Å². The maximum absolute atomic E-state index is 13.6. The molecule has 0 aliphatic carbocycles. The molecule has 0 fully saturated rings. The minimum absolute atomic E-state index is 0. The first kappa shape index (κ1) is 41.6. The van der Waals surface area contributed by atoms with Crippen molar-refractivity contribution in [3.63, 3.8) is 0 Å². The molecule has 1 aromatic rings. The van der Waals surface area contributed by atoms with Crippen molar-refractivity contribution in [1.29, 1.82) is 0 Å². The zero-order chi connectivity index (χ0) is 29.7. The number of nitrogens with zero attached hydrogens (tertiary/aromatic N) is 1. The second-order valence-electron chi connectivity index (χ2n) is 12.4. The van der Waals surface area contributed by atoms with Crippen LogP contribution in [0.15, 0.2) is 24.5 Å². The fourth-order valence-corrected chi connectivity index (χ4v) is 7.10. The Kier molecular flexibility index (Phi) is 30.3. The van der Waals surface area contributed by atoms with Crippen LogP contribution in [0.2, 0.25) is 0 Å². The summed E-state index contributed by atoms with van der Waals surface area (Å²) in [5, 5.41) is 0. The molecular weight excluding hydrogens is 561 g/mol. The van der Waals surface area contributed by atoms with Gasteiger partial charge in [0.2, 0.25) is 0 Å². The van der Waals surface area contributed by atoms with Crippen molar-refractivity contribution in [2.24, 2.45) is 7.05 Å². The third-order valence-electron chi connectivity index (χ3n) is 8.29. The molecule has 0 atom stereocenters. The Morgan fingerprint density at radius 2 is 0.857 bits per heavy atom. The average molecular weight is 630 g/mol. The van der Waals surface area contributed by atoms with Crippen molar-refractivity contribution in [1.82, 2.24) is 0 Å². The highest BCUT2D eigenvalue weighted by atomic mass is 35.5. The van der Waals surface area contributed by atoms with Gasteiger partial charge in [-0.25, -0.2) is 4.57 Å². The van der Waals surface area contributed by atoms with Crippen molar-refractivity contribution >= 4 is 7.60 Å². The molecule has 0 radical (unpaired) electrons. The highest BCUT2D eigenvalue weighted by Gasteiger charge is 2.24. The van der Waals surface area contributed by atoms with E-state index in [1.165, 1.54) is 134 Å². The van der Waals surface area contributed by atoms with Gasteiger partial charge in [0.1, 0.15) is 7.05 Å². The van der Waals surface area contributed by atoms with Gasteiger partial charge < -0.3 is 21.5 Å². The van der Waals surface area contributed by atoms with Gasteiger partial charge in [0.15, 0.2) is 12.4 Å². The fraction of sp³-hybridized carbons (Fsp3) is 0.861. The first-order valence-electron chi connectivity index (χ1n) is 17.9. The van der Waals surface area contributed by atoms with Crippen LogP contribution in [0, 0.1) is 0 Å². The van der Waals surface area contributed by atoms with Gasteiger partial charge in [0, 0.05) is 12.1 Å². The predicted molar refractivity (Wildman–Crippen MR) is 178 cm³/mol. The Balaban J connectivity index is 0.0000168. The molecule has 42 heavy (non-hydrogen) atoms. The minimum Gasteiger partial charge on any atom is -1.00 e. The summed E-state index contributed by atoms with van der Waals surface area (Å²) in [6, 6.07) is 4.20. The Bertz CT molecular complexity index is 697. The van der Waals surface area contributed by atoms with Crippen molar-refractivity contribution in [2.75, 3.05) is 19.4 Å². The predicted octanol–water partition coefficient (Wildman–Crippen LogP) is 8.69. The van der Waals surface area contributed by atoms with E-state index in [2.05, 4.69) is 26.0 Å². The van der Waals surface area contributed by atoms with Crippen LogP contribution in [0.5, 0.6) is 0 Å². The molecule has 0 saturated carbocycles. The SMILES string of the molecule is CCCCCCCCCCCCCCOP(=O)(CCc1cc[n+](C)cc1)OCCCCCCCCCCCCCC.[Cl-]. The number of unbranched alkanes of at least 4 members (excludes halogenated alkanes) is 22. The molecule has 6 heteroatoms. The quantitative estimate of drug-likeness (QED) is 0.0469. The number of pyridine rings is 1. The third-order valence-corrected chi connectivity index (χ3v) is 10.2. The van der Waals surface area contributed by atoms with E-state index in [0.717, 1.165) is 32.1 Å². The average Bonchev–Trinajstić information content (AvgIpc) is 2.98. The molecular formula is C36H69ClNO3P. The van der Waals surface area contributed by atoms with Crippen LogP contribution in [0.1, 0.15) is 174 Å². The molecule has 1 aromatic heterocycles. The molecule has 0 N–H and O–H groups in total. The van der Waals surface area contributed by atoms with Gasteiger partial charge in [-0.3, -0.25) is 4.57 Å². The van der Waals surface area contributed by atoms with Crippen LogP contribution in [-0.2, 0) is 27.1 Å². The molecule has 248 valence electrons.